The number of rotatable bonds is 5. The summed E-state index contributed by atoms with van der Waals surface area (Å²) in [4.78, 5) is 37.6. The number of hydrogen-bond donors (Lipinski definition) is 0. The Morgan fingerprint density at radius 1 is 1.08 bits per heavy atom. The van der Waals surface area contributed by atoms with Gasteiger partial charge in [-0.05, 0) is 49.1 Å². The highest BCUT2D eigenvalue weighted by Gasteiger charge is 2.40. The molecule has 1 aliphatic heterocycles. The molecule has 2 amide bonds. The van der Waals surface area contributed by atoms with Gasteiger partial charge in [0.1, 0.15) is 6.61 Å². The summed E-state index contributed by atoms with van der Waals surface area (Å²) in [6.07, 6.45) is 5.46. The predicted molar refractivity (Wildman–Crippen MR) is 86.3 cm³/mol. The molecule has 0 N–H and O–H groups in total. The Morgan fingerprint density at radius 3 is 2.38 bits per heavy atom. The quantitative estimate of drug-likeness (QED) is 0.616. The lowest BCUT2D eigenvalue weighted by Gasteiger charge is -2.20. The standard InChI is InChI=1S/C19H21NO4/c21-17(11-14-10-12-5-6-13(14)9-12)24-8-7-20-18(22)15-3-1-2-4-16(15)19(20)23/h1-4,12-14H,5-11H2/t12-,13-,14-/m1/s1. The highest BCUT2D eigenvalue weighted by atomic mass is 16.5. The van der Waals surface area contributed by atoms with E-state index in [1.54, 1.807) is 24.3 Å². The van der Waals surface area contributed by atoms with Crippen LogP contribution in [0.2, 0.25) is 0 Å². The SMILES string of the molecule is O=C(C[C@H]1C[C@@H]2CC[C@@H]1C2)OCCN1C(=O)c2ccccc2C1=O. The minimum Gasteiger partial charge on any atom is -0.464 e. The fourth-order valence-electron chi connectivity index (χ4n) is 4.59. The fourth-order valence-corrected chi connectivity index (χ4v) is 4.59. The summed E-state index contributed by atoms with van der Waals surface area (Å²) < 4.78 is 5.28. The van der Waals surface area contributed by atoms with Crippen molar-refractivity contribution in [2.45, 2.75) is 32.1 Å². The summed E-state index contributed by atoms with van der Waals surface area (Å²) >= 11 is 0. The maximum absolute atomic E-state index is 12.2. The molecule has 5 nitrogen and oxygen atoms in total. The molecule has 0 radical (unpaired) electrons. The number of ether oxygens (including phenoxy) is 1. The first-order valence-electron chi connectivity index (χ1n) is 8.74. The molecular weight excluding hydrogens is 306 g/mol. The monoisotopic (exact) mass is 327 g/mol. The van der Waals surface area contributed by atoms with Gasteiger partial charge in [-0.25, -0.2) is 0 Å². The number of amides is 2. The lowest BCUT2D eigenvalue weighted by atomic mass is 9.86. The molecule has 2 bridgehead atoms. The molecule has 4 rings (SSSR count). The molecule has 1 aromatic rings. The van der Waals surface area contributed by atoms with E-state index in [1.165, 1.54) is 19.3 Å². The van der Waals surface area contributed by atoms with E-state index in [2.05, 4.69) is 0 Å². The Morgan fingerprint density at radius 2 is 1.79 bits per heavy atom. The van der Waals surface area contributed by atoms with Crippen LogP contribution in [0.3, 0.4) is 0 Å². The zero-order valence-corrected chi connectivity index (χ0v) is 13.6. The van der Waals surface area contributed by atoms with E-state index in [0.29, 0.717) is 29.4 Å². The number of hydrogen-bond acceptors (Lipinski definition) is 4. The van der Waals surface area contributed by atoms with Crippen LogP contribution in [-0.4, -0.2) is 35.8 Å². The number of imide groups is 1. The molecule has 1 heterocycles. The minimum atomic E-state index is -0.306. The van der Waals surface area contributed by atoms with Gasteiger partial charge in [-0.2, -0.15) is 0 Å². The summed E-state index contributed by atoms with van der Waals surface area (Å²) in [5.41, 5.74) is 0.853. The largest absolute Gasteiger partial charge is 0.464 e. The third-order valence-electron chi connectivity index (χ3n) is 5.77. The summed E-state index contributed by atoms with van der Waals surface area (Å²) in [7, 11) is 0. The van der Waals surface area contributed by atoms with Crippen LogP contribution in [0.1, 0.15) is 52.8 Å². The van der Waals surface area contributed by atoms with E-state index < -0.39 is 0 Å². The second-order valence-electron chi connectivity index (χ2n) is 7.17. The van der Waals surface area contributed by atoms with Gasteiger partial charge in [-0.3, -0.25) is 19.3 Å². The van der Waals surface area contributed by atoms with Crippen molar-refractivity contribution in [3.63, 3.8) is 0 Å². The lowest BCUT2D eigenvalue weighted by Crippen LogP contribution is -2.33. The van der Waals surface area contributed by atoms with Gasteiger partial charge in [0.15, 0.2) is 0 Å². The summed E-state index contributed by atoms with van der Waals surface area (Å²) in [5.74, 6) is 1.16. The van der Waals surface area contributed by atoms with Gasteiger partial charge in [-0.15, -0.1) is 0 Å². The van der Waals surface area contributed by atoms with Gasteiger partial charge in [0.2, 0.25) is 0 Å². The van der Waals surface area contributed by atoms with Crippen LogP contribution >= 0.6 is 0 Å². The average Bonchev–Trinajstić information content (AvgIpc) is 3.25. The van der Waals surface area contributed by atoms with Crippen molar-refractivity contribution in [2.75, 3.05) is 13.2 Å². The van der Waals surface area contributed by atoms with Crippen LogP contribution < -0.4 is 0 Å². The normalized spacial score (nSPS) is 27.7. The number of carbonyl (C=O) groups is 3. The number of benzene rings is 1. The second-order valence-corrected chi connectivity index (χ2v) is 7.17. The molecule has 126 valence electrons. The smallest absolute Gasteiger partial charge is 0.306 e. The number of nitrogens with zero attached hydrogens (tertiary/aromatic N) is 1. The first-order chi connectivity index (χ1) is 11.6. The van der Waals surface area contributed by atoms with Crippen molar-refractivity contribution < 1.29 is 19.1 Å². The van der Waals surface area contributed by atoms with E-state index in [-0.39, 0.29) is 30.9 Å². The fraction of sp³-hybridized carbons (Fsp3) is 0.526. The van der Waals surface area contributed by atoms with Crippen LogP contribution in [0.15, 0.2) is 24.3 Å². The van der Waals surface area contributed by atoms with Gasteiger partial charge >= 0.3 is 5.97 Å². The van der Waals surface area contributed by atoms with Crippen molar-refractivity contribution in [1.82, 2.24) is 4.90 Å². The van der Waals surface area contributed by atoms with Crippen LogP contribution in [0.25, 0.3) is 0 Å². The van der Waals surface area contributed by atoms with Gasteiger partial charge in [-0.1, -0.05) is 18.6 Å². The van der Waals surface area contributed by atoms with Crippen molar-refractivity contribution in [3.05, 3.63) is 35.4 Å². The highest BCUT2D eigenvalue weighted by molar-refractivity contribution is 6.21. The van der Waals surface area contributed by atoms with E-state index in [9.17, 15) is 14.4 Å². The van der Waals surface area contributed by atoms with Crippen LogP contribution in [0.5, 0.6) is 0 Å². The van der Waals surface area contributed by atoms with Gasteiger partial charge in [0, 0.05) is 6.42 Å². The molecule has 0 unspecified atom stereocenters. The highest BCUT2D eigenvalue weighted by Crippen LogP contribution is 2.49. The molecule has 3 aliphatic rings. The summed E-state index contributed by atoms with van der Waals surface area (Å²) in [5, 5.41) is 0. The van der Waals surface area contributed by atoms with E-state index in [1.807, 2.05) is 0 Å². The molecule has 24 heavy (non-hydrogen) atoms. The topological polar surface area (TPSA) is 63.7 Å². The molecule has 2 fully saturated rings. The summed E-state index contributed by atoms with van der Waals surface area (Å²) in [6, 6.07) is 6.78. The van der Waals surface area contributed by atoms with E-state index in [4.69, 9.17) is 4.74 Å². The Kier molecular flexibility index (Phi) is 3.87. The molecule has 5 heteroatoms. The molecular formula is C19H21NO4. The Balaban J connectivity index is 1.27. The average molecular weight is 327 g/mol. The molecule has 0 spiro atoms. The Labute approximate surface area is 141 Å². The molecule has 1 aromatic carbocycles. The van der Waals surface area contributed by atoms with Crippen LogP contribution in [-0.2, 0) is 9.53 Å². The molecule has 0 saturated heterocycles. The van der Waals surface area contributed by atoms with Crippen molar-refractivity contribution >= 4 is 17.8 Å². The van der Waals surface area contributed by atoms with Crippen LogP contribution in [0, 0.1) is 17.8 Å². The maximum Gasteiger partial charge on any atom is 0.306 e. The second kappa shape index (κ2) is 6.04. The van der Waals surface area contributed by atoms with Gasteiger partial charge < -0.3 is 4.74 Å². The molecule has 2 aliphatic carbocycles. The van der Waals surface area contributed by atoms with Crippen LogP contribution in [0.4, 0.5) is 0 Å². The molecule has 3 atom stereocenters. The lowest BCUT2D eigenvalue weighted by molar-refractivity contribution is -0.145. The van der Waals surface area contributed by atoms with Gasteiger partial charge in [0.25, 0.3) is 11.8 Å². The van der Waals surface area contributed by atoms with E-state index >= 15 is 0 Å². The minimum absolute atomic E-state index is 0.0745. The Bertz CT molecular complexity index is 663. The summed E-state index contributed by atoms with van der Waals surface area (Å²) in [6.45, 7) is 0.194. The van der Waals surface area contributed by atoms with Crippen molar-refractivity contribution in [1.29, 1.82) is 0 Å². The van der Waals surface area contributed by atoms with Gasteiger partial charge in [0.05, 0.1) is 17.7 Å². The molecule has 2 saturated carbocycles. The van der Waals surface area contributed by atoms with E-state index in [0.717, 1.165) is 17.2 Å². The van der Waals surface area contributed by atoms with Crippen molar-refractivity contribution in [3.8, 4) is 0 Å². The first kappa shape index (κ1) is 15.4. The number of fused-ring (bicyclic) bond motifs is 3. The zero-order chi connectivity index (χ0) is 16.7. The first-order valence-corrected chi connectivity index (χ1v) is 8.74. The number of esters is 1. The predicted octanol–water partition coefficient (Wildman–Crippen LogP) is 2.65. The third kappa shape index (κ3) is 2.62. The zero-order valence-electron chi connectivity index (χ0n) is 13.6. The number of carbonyl (C=O) groups excluding carboxylic acids is 3. The van der Waals surface area contributed by atoms with Crippen molar-refractivity contribution in [2.24, 2.45) is 17.8 Å². The maximum atomic E-state index is 12.2. The third-order valence-corrected chi connectivity index (χ3v) is 5.77. The Hall–Kier alpha value is -2.17. The molecule has 0 aromatic heterocycles.